The minimum absolute atomic E-state index is 0.357. The van der Waals surface area contributed by atoms with Gasteiger partial charge in [0.2, 0.25) is 5.91 Å². The zero-order chi connectivity index (χ0) is 11.1. The Hall–Kier alpha value is -0.530. The molecule has 88 valence electrons. The van der Waals surface area contributed by atoms with E-state index in [1.54, 1.807) is 0 Å². The Labute approximate surface area is 94.0 Å². The molecular weight excluding hydrogens is 186 g/mol. The number of unbranched alkanes of at least 4 members (excludes halogenated alkanes) is 2. The van der Waals surface area contributed by atoms with Crippen molar-refractivity contribution in [3.05, 3.63) is 0 Å². The zero-order valence-electron chi connectivity index (χ0n) is 10.3. The summed E-state index contributed by atoms with van der Waals surface area (Å²) in [6.45, 7) is 2.18. The van der Waals surface area contributed by atoms with E-state index in [0.717, 1.165) is 12.8 Å². The fourth-order valence-electron chi connectivity index (χ4n) is 2.37. The van der Waals surface area contributed by atoms with Crippen LogP contribution in [0.25, 0.3) is 0 Å². The van der Waals surface area contributed by atoms with E-state index in [9.17, 15) is 4.79 Å². The number of carbonyl (C=O) groups excluding carboxylic acids is 1. The van der Waals surface area contributed by atoms with Gasteiger partial charge < -0.3 is 4.90 Å². The van der Waals surface area contributed by atoms with Crippen LogP contribution in [-0.2, 0) is 4.79 Å². The highest BCUT2D eigenvalue weighted by atomic mass is 16.2. The summed E-state index contributed by atoms with van der Waals surface area (Å²) in [4.78, 5) is 13.9. The van der Waals surface area contributed by atoms with Gasteiger partial charge in [-0.25, -0.2) is 0 Å². The highest BCUT2D eigenvalue weighted by Crippen LogP contribution is 2.22. The van der Waals surface area contributed by atoms with Crippen molar-refractivity contribution >= 4 is 5.91 Å². The number of nitrogens with zero attached hydrogens (tertiary/aromatic N) is 1. The van der Waals surface area contributed by atoms with E-state index in [1.165, 1.54) is 44.9 Å². The lowest BCUT2D eigenvalue weighted by molar-refractivity contribution is -0.132. The van der Waals surface area contributed by atoms with Crippen LogP contribution in [0.1, 0.15) is 64.7 Å². The maximum absolute atomic E-state index is 11.8. The van der Waals surface area contributed by atoms with Crippen LogP contribution in [-0.4, -0.2) is 23.9 Å². The van der Waals surface area contributed by atoms with Crippen molar-refractivity contribution in [3.8, 4) is 0 Å². The first-order valence-electron chi connectivity index (χ1n) is 6.51. The van der Waals surface area contributed by atoms with E-state index in [-0.39, 0.29) is 0 Å². The molecule has 1 aliphatic carbocycles. The summed E-state index contributed by atoms with van der Waals surface area (Å²) in [6, 6.07) is 0.535. The summed E-state index contributed by atoms with van der Waals surface area (Å²) in [7, 11) is 1.99. The molecule has 0 N–H and O–H groups in total. The first-order chi connectivity index (χ1) is 7.25. The van der Waals surface area contributed by atoms with Crippen molar-refractivity contribution in [1.82, 2.24) is 4.90 Å². The predicted molar refractivity (Wildman–Crippen MR) is 63.8 cm³/mol. The van der Waals surface area contributed by atoms with Crippen LogP contribution in [0.4, 0.5) is 0 Å². The Bertz CT molecular complexity index is 185. The third-order valence-corrected chi connectivity index (χ3v) is 3.51. The fourth-order valence-corrected chi connectivity index (χ4v) is 2.37. The molecule has 0 spiro atoms. The number of carbonyl (C=O) groups is 1. The lowest BCUT2D eigenvalue weighted by Gasteiger charge is -2.31. The van der Waals surface area contributed by atoms with Crippen molar-refractivity contribution < 1.29 is 4.79 Å². The molecule has 1 amide bonds. The van der Waals surface area contributed by atoms with Gasteiger partial charge in [0.15, 0.2) is 0 Å². The second-order valence-electron chi connectivity index (χ2n) is 4.75. The third kappa shape index (κ3) is 4.23. The van der Waals surface area contributed by atoms with Crippen LogP contribution in [0.15, 0.2) is 0 Å². The molecule has 0 radical (unpaired) electrons. The molecule has 1 fully saturated rings. The highest BCUT2D eigenvalue weighted by molar-refractivity contribution is 5.76. The van der Waals surface area contributed by atoms with E-state index in [2.05, 4.69) is 6.92 Å². The number of amides is 1. The van der Waals surface area contributed by atoms with Gasteiger partial charge in [0.05, 0.1) is 0 Å². The van der Waals surface area contributed by atoms with Crippen LogP contribution < -0.4 is 0 Å². The van der Waals surface area contributed by atoms with Crippen LogP contribution in [0.5, 0.6) is 0 Å². The van der Waals surface area contributed by atoms with E-state index < -0.39 is 0 Å². The van der Waals surface area contributed by atoms with Gasteiger partial charge in [0, 0.05) is 19.5 Å². The summed E-state index contributed by atoms with van der Waals surface area (Å²) in [5.74, 6) is 0.357. The van der Waals surface area contributed by atoms with Crippen LogP contribution >= 0.6 is 0 Å². The Morgan fingerprint density at radius 3 is 2.47 bits per heavy atom. The van der Waals surface area contributed by atoms with Crippen LogP contribution in [0.3, 0.4) is 0 Å². The Balaban J connectivity index is 2.24. The summed E-state index contributed by atoms with van der Waals surface area (Å²) in [5.41, 5.74) is 0. The first kappa shape index (κ1) is 12.5. The van der Waals surface area contributed by atoms with Gasteiger partial charge in [-0.05, 0) is 19.3 Å². The van der Waals surface area contributed by atoms with E-state index in [4.69, 9.17) is 0 Å². The minimum Gasteiger partial charge on any atom is -0.343 e. The molecule has 1 saturated carbocycles. The molecule has 1 aliphatic rings. The quantitative estimate of drug-likeness (QED) is 0.639. The molecule has 0 heterocycles. The van der Waals surface area contributed by atoms with Crippen LogP contribution in [0.2, 0.25) is 0 Å². The molecule has 0 unspecified atom stereocenters. The van der Waals surface area contributed by atoms with Gasteiger partial charge in [-0.15, -0.1) is 0 Å². The largest absolute Gasteiger partial charge is 0.343 e. The van der Waals surface area contributed by atoms with E-state index in [1.807, 2.05) is 11.9 Å². The molecule has 0 aromatic heterocycles. The van der Waals surface area contributed by atoms with Gasteiger partial charge in [-0.2, -0.15) is 0 Å². The molecule has 15 heavy (non-hydrogen) atoms. The normalized spacial score (nSPS) is 17.7. The number of hydrogen-bond donors (Lipinski definition) is 0. The average molecular weight is 211 g/mol. The zero-order valence-corrected chi connectivity index (χ0v) is 10.3. The SMILES string of the molecule is CCCCCC(=O)N(C)C1CCCCC1. The molecule has 0 aromatic carbocycles. The molecule has 2 heteroatoms. The number of rotatable bonds is 5. The highest BCUT2D eigenvalue weighted by Gasteiger charge is 2.21. The summed E-state index contributed by atoms with van der Waals surface area (Å²) in [6.07, 6.45) is 10.6. The standard InChI is InChI=1S/C13H25NO/c1-3-4-6-11-13(15)14(2)12-9-7-5-8-10-12/h12H,3-11H2,1-2H3. The van der Waals surface area contributed by atoms with E-state index >= 15 is 0 Å². The monoisotopic (exact) mass is 211 g/mol. The van der Waals surface area contributed by atoms with Crippen molar-refractivity contribution in [1.29, 1.82) is 0 Å². The second-order valence-corrected chi connectivity index (χ2v) is 4.75. The molecular formula is C13H25NO. The topological polar surface area (TPSA) is 20.3 Å². The average Bonchev–Trinajstić information content (AvgIpc) is 2.29. The summed E-state index contributed by atoms with van der Waals surface area (Å²) < 4.78 is 0. The maximum Gasteiger partial charge on any atom is 0.222 e. The summed E-state index contributed by atoms with van der Waals surface area (Å²) in [5, 5.41) is 0. The van der Waals surface area contributed by atoms with Crippen molar-refractivity contribution in [2.24, 2.45) is 0 Å². The van der Waals surface area contributed by atoms with Gasteiger partial charge in [0.1, 0.15) is 0 Å². The molecule has 2 nitrogen and oxygen atoms in total. The molecule has 0 aliphatic heterocycles. The summed E-state index contributed by atoms with van der Waals surface area (Å²) >= 11 is 0. The van der Waals surface area contributed by atoms with Crippen molar-refractivity contribution in [3.63, 3.8) is 0 Å². The Kier molecular flexibility index (Phi) is 5.74. The lowest BCUT2D eigenvalue weighted by Crippen LogP contribution is -2.38. The molecule has 0 atom stereocenters. The maximum atomic E-state index is 11.8. The second kappa shape index (κ2) is 6.86. The van der Waals surface area contributed by atoms with Crippen molar-refractivity contribution in [2.45, 2.75) is 70.8 Å². The lowest BCUT2D eigenvalue weighted by atomic mass is 9.94. The number of hydrogen-bond acceptors (Lipinski definition) is 1. The molecule has 0 aromatic rings. The van der Waals surface area contributed by atoms with E-state index in [0.29, 0.717) is 11.9 Å². The Morgan fingerprint density at radius 2 is 1.87 bits per heavy atom. The predicted octanol–water partition coefficient (Wildman–Crippen LogP) is 3.36. The first-order valence-corrected chi connectivity index (χ1v) is 6.51. The van der Waals surface area contributed by atoms with Crippen LogP contribution in [0, 0.1) is 0 Å². The molecule has 1 rings (SSSR count). The van der Waals surface area contributed by atoms with Gasteiger partial charge in [-0.3, -0.25) is 4.79 Å². The van der Waals surface area contributed by atoms with Crippen molar-refractivity contribution in [2.75, 3.05) is 7.05 Å². The molecule has 0 saturated heterocycles. The van der Waals surface area contributed by atoms with Gasteiger partial charge >= 0.3 is 0 Å². The smallest absolute Gasteiger partial charge is 0.222 e. The molecule has 0 bridgehead atoms. The fraction of sp³-hybridized carbons (Fsp3) is 0.923. The minimum atomic E-state index is 0.357. The van der Waals surface area contributed by atoms with Gasteiger partial charge in [-0.1, -0.05) is 39.0 Å². The Morgan fingerprint density at radius 1 is 1.20 bits per heavy atom. The third-order valence-electron chi connectivity index (χ3n) is 3.51. The van der Waals surface area contributed by atoms with Gasteiger partial charge in [0.25, 0.3) is 0 Å².